The van der Waals surface area contributed by atoms with Crippen molar-refractivity contribution in [1.29, 1.82) is 5.26 Å². The summed E-state index contributed by atoms with van der Waals surface area (Å²) in [5, 5.41) is 12.7. The lowest BCUT2D eigenvalue weighted by molar-refractivity contribution is 0.154. The third-order valence-corrected chi connectivity index (χ3v) is 5.59. The summed E-state index contributed by atoms with van der Waals surface area (Å²) < 4.78 is 4.68. The lowest BCUT2D eigenvalue weighted by Gasteiger charge is -2.39. The van der Waals surface area contributed by atoms with Gasteiger partial charge < -0.3 is 10.1 Å². The molecular formula is C19H25N3O2. The molecule has 0 aromatic heterocycles. The van der Waals surface area contributed by atoms with Crippen molar-refractivity contribution in [3.05, 3.63) is 35.9 Å². The van der Waals surface area contributed by atoms with Gasteiger partial charge in [0.15, 0.2) is 0 Å². The first-order chi connectivity index (χ1) is 11.7. The topological polar surface area (TPSA) is 65.4 Å². The Morgan fingerprint density at radius 2 is 2.00 bits per heavy atom. The number of carbonyl (C=O) groups is 1. The number of nitrogens with zero attached hydrogens (tertiary/aromatic N) is 2. The molecule has 24 heavy (non-hydrogen) atoms. The van der Waals surface area contributed by atoms with Gasteiger partial charge in [-0.3, -0.25) is 4.90 Å². The largest absolute Gasteiger partial charge is 0.453 e. The zero-order chi connectivity index (χ0) is 17.0. The van der Waals surface area contributed by atoms with Crippen molar-refractivity contribution >= 4 is 6.09 Å². The first-order valence-electron chi connectivity index (χ1n) is 8.72. The van der Waals surface area contributed by atoms with Crippen LogP contribution in [0.2, 0.25) is 0 Å². The SMILES string of the molecule is COC(=O)NC1CCN(C2CCC(C#N)(c3ccccc3)CC2)C1. The Balaban J connectivity index is 1.58. The van der Waals surface area contributed by atoms with Crippen molar-refractivity contribution in [3.8, 4) is 6.07 Å². The summed E-state index contributed by atoms with van der Waals surface area (Å²) in [6.45, 7) is 1.88. The van der Waals surface area contributed by atoms with Crippen molar-refractivity contribution in [1.82, 2.24) is 10.2 Å². The van der Waals surface area contributed by atoms with E-state index >= 15 is 0 Å². The zero-order valence-electron chi connectivity index (χ0n) is 14.2. The van der Waals surface area contributed by atoms with E-state index in [4.69, 9.17) is 0 Å². The molecule has 1 atom stereocenters. The molecule has 2 aliphatic rings. The standard InChI is InChI=1S/C19H25N3O2/c1-24-18(23)21-16-9-12-22(13-16)17-7-10-19(14-20,11-8-17)15-5-3-2-4-6-15/h2-6,16-17H,7-13H2,1H3,(H,21,23). The van der Waals surface area contributed by atoms with Crippen LogP contribution in [0.4, 0.5) is 4.79 Å². The molecular weight excluding hydrogens is 302 g/mol. The predicted octanol–water partition coefficient (Wildman–Crippen LogP) is 2.82. The van der Waals surface area contributed by atoms with Crippen LogP contribution >= 0.6 is 0 Å². The van der Waals surface area contributed by atoms with Crippen molar-refractivity contribution in [2.45, 2.75) is 49.6 Å². The van der Waals surface area contributed by atoms with Gasteiger partial charge in [0.05, 0.1) is 18.6 Å². The molecule has 1 amide bonds. The van der Waals surface area contributed by atoms with Crippen LogP contribution in [0.1, 0.15) is 37.7 Å². The summed E-state index contributed by atoms with van der Waals surface area (Å²) in [5.74, 6) is 0. The van der Waals surface area contributed by atoms with E-state index in [-0.39, 0.29) is 17.6 Å². The number of likely N-dealkylation sites (tertiary alicyclic amines) is 1. The molecule has 0 bridgehead atoms. The third kappa shape index (κ3) is 3.39. The lowest BCUT2D eigenvalue weighted by Crippen LogP contribution is -2.43. The summed E-state index contributed by atoms with van der Waals surface area (Å²) in [5.41, 5.74) is 0.818. The normalized spacial score (nSPS) is 30.5. The van der Waals surface area contributed by atoms with Crippen LogP contribution in [0.3, 0.4) is 0 Å². The number of methoxy groups -OCH3 is 1. The first-order valence-corrected chi connectivity index (χ1v) is 8.72. The molecule has 5 nitrogen and oxygen atoms in total. The molecule has 0 radical (unpaired) electrons. The Labute approximate surface area is 143 Å². The fourth-order valence-corrected chi connectivity index (χ4v) is 4.15. The highest BCUT2D eigenvalue weighted by atomic mass is 16.5. The zero-order valence-corrected chi connectivity index (χ0v) is 14.2. The molecule has 1 saturated heterocycles. The van der Waals surface area contributed by atoms with Gasteiger partial charge in [0.2, 0.25) is 0 Å². The average molecular weight is 327 g/mol. The number of hydrogen-bond donors (Lipinski definition) is 1. The van der Waals surface area contributed by atoms with Crippen LogP contribution in [-0.4, -0.2) is 43.3 Å². The number of nitriles is 1. The molecule has 1 aliphatic carbocycles. The van der Waals surface area contributed by atoms with Gasteiger partial charge in [0.1, 0.15) is 0 Å². The van der Waals surface area contributed by atoms with Crippen LogP contribution < -0.4 is 5.32 Å². The molecule has 3 rings (SSSR count). The van der Waals surface area contributed by atoms with Gasteiger partial charge in [-0.2, -0.15) is 5.26 Å². The Morgan fingerprint density at radius 3 is 2.62 bits per heavy atom. The van der Waals surface area contributed by atoms with Crippen LogP contribution in [0.15, 0.2) is 30.3 Å². The van der Waals surface area contributed by atoms with Crippen LogP contribution in [0.25, 0.3) is 0 Å². The predicted molar refractivity (Wildman–Crippen MR) is 91.5 cm³/mol. The van der Waals surface area contributed by atoms with E-state index in [1.165, 1.54) is 7.11 Å². The van der Waals surface area contributed by atoms with E-state index in [0.717, 1.165) is 50.8 Å². The molecule has 2 fully saturated rings. The number of benzene rings is 1. The minimum absolute atomic E-state index is 0.175. The van der Waals surface area contributed by atoms with Crippen molar-refractivity contribution in [3.63, 3.8) is 0 Å². The maximum Gasteiger partial charge on any atom is 0.407 e. The van der Waals surface area contributed by atoms with Gasteiger partial charge in [-0.15, -0.1) is 0 Å². The Hall–Kier alpha value is -2.06. The quantitative estimate of drug-likeness (QED) is 0.927. The Bertz CT molecular complexity index is 603. The molecule has 1 unspecified atom stereocenters. The monoisotopic (exact) mass is 327 g/mol. The maximum atomic E-state index is 11.3. The maximum absolute atomic E-state index is 11.3. The second kappa shape index (κ2) is 7.23. The molecule has 1 aliphatic heterocycles. The number of ether oxygens (including phenoxy) is 1. The number of hydrogen-bond acceptors (Lipinski definition) is 4. The fourth-order valence-electron chi connectivity index (χ4n) is 4.15. The van der Waals surface area contributed by atoms with Gasteiger partial charge in [0.25, 0.3) is 0 Å². The molecule has 0 spiro atoms. The molecule has 1 saturated carbocycles. The number of nitrogens with one attached hydrogen (secondary N) is 1. The molecule has 1 N–H and O–H groups in total. The molecule has 5 heteroatoms. The smallest absolute Gasteiger partial charge is 0.407 e. The number of alkyl carbamates (subject to hydrolysis) is 1. The van der Waals surface area contributed by atoms with E-state index < -0.39 is 0 Å². The van der Waals surface area contributed by atoms with Crippen LogP contribution in [0, 0.1) is 11.3 Å². The Morgan fingerprint density at radius 1 is 1.29 bits per heavy atom. The summed E-state index contributed by atoms with van der Waals surface area (Å²) in [6, 6.07) is 13.5. The summed E-state index contributed by atoms with van der Waals surface area (Å²) in [7, 11) is 1.40. The van der Waals surface area contributed by atoms with Crippen molar-refractivity contribution in [2.75, 3.05) is 20.2 Å². The summed E-state index contributed by atoms with van der Waals surface area (Å²) in [6.07, 6.45) is 4.50. The van der Waals surface area contributed by atoms with Gasteiger partial charge in [-0.05, 0) is 37.7 Å². The second-order valence-electron chi connectivity index (χ2n) is 6.91. The highest BCUT2D eigenvalue weighted by molar-refractivity contribution is 5.67. The van der Waals surface area contributed by atoms with Crippen molar-refractivity contribution in [2.24, 2.45) is 0 Å². The molecule has 128 valence electrons. The van der Waals surface area contributed by atoms with E-state index in [1.54, 1.807) is 0 Å². The molecule has 1 heterocycles. The molecule has 1 aromatic carbocycles. The van der Waals surface area contributed by atoms with E-state index in [0.29, 0.717) is 6.04 Å². The summed E-state index contributed by atoms with van der Waals surface area (Å²) in [4.78, 5) is 13.8. The van der Waals surface area contributed by atoms with Gasteiger partial charge >= 0.3 is 6.09 Å². The van der Waals surface area contributed by atoms with E-state index in [1.807, 2.05) is 18.2 Å². The minimum atomic E-state index is -0.349. The average Bonchev–Trinajstić information content (AvgIpc) is 3.10. The highest BCUT2D eigenvalue weighted by Gasteiger charge is 2.40. The van der Waals surface area contributed by atoms with Crippen molar-refractivity contribution < 1.29 is 9.53 Å². The number of carbonyl (C=O) groups excluding carboxylic acids is 1. The minimum Gasteiger partial charge on any atom is -0.453 e. The Kier molecular flexibility index (Phi) is 5.06. The number of amides is 1. The lowest BCUT2D eigenvalue weighted by atomic mass is 9.69. The first kappa shape index (κ1) is 16.8. The molecule has 1 aromatic rings. The highest BCUT2D eigenvalue weighted by Crippen LogP contribution is 2.40. The van der Waals surface area contributed by atoms with E-state index in [9.17, 15) is 10.1 Å². The second-order valence-corrected chi connectivity index (χ2v) is 6.91. The fraction of sp³-hybridized carbons (Fsp3) is 0.579. The van der Waals surface area contributed by atoms with Gasteiger partial charge in [-0.25, -0.2) is 4.79 Å². The summed E-state index contributed by atoms with van der Waals surface area (Å²) >= 11 is 0. The van der Waals surface area contributed by atoms with Crippen LogP contribution in [0.5, 0.6) is 0 Å². The van der Waals surface area contributed by atoms with E-state index in [2.05, 4.69) is 33.2 Å². The van der Waals surface area contributed by atoms with Gasteiger partial charge in [-0.1, -0.05) is 30.3 Å². The number of rotatable bonds is 3. The van der Waals surface area contributed by atoms with Gasteiger partial charge in [0, 0.05) is 25.2 Å². The van der Waals surface area contributed by atoms with Crippen LogP contribution in [-0.2, 0) is 10.2 Å². The third-order valence-electron chi connectivity index (χ3n) is 5.59.